The highest BCUT2D eigenvalue weighted by atomic mass is 19.1. The van der Waals surface area contributed by atoms with E-state index in [2.05, 4.69) is 4.98 Å². The van der Waals surface area contributed by atoms with Gasteiger partial charge in [-0.3, -0.25) is 0 Å². The number of aromatic nitrogens is 2. The molecule has 4 rings (SSSR count). The average molecular weight is 299 g/mol. The smallest absolute Gasteiger partial charge is 0.231 e. The minimum absolute atomic E-state index is 0.207. The van der Waals surface area contributed by atoms with Crippen LogP contribution in [-0.2, 0) is 6.54 Å². The summed E-state index contributed by atoms with van der Waals surface area (Å²) < 4.78 is 26.8. The van der Waals surface area contributed by atoms with Gasteiger partial charge in [0.2, 0.25) is 6.79 Å². The summed E-state index contributed by atoms with van der Waals surface area (Å²) in [7, 11) is 0. The van der Waals surface area contributed by atoms with Crippen molar-refractivity contribution >= 4 is 11.0 Å². The molecule has 22 heavy (non-hydrogen) atoms. The first kappa shape index (κ1) is 13.1. The lowest BCUT2D eigenvalue weighted by Crippen LogP contribution is -2.11. The van der Waals surface area contributed by atoms with Crippen LogP contribution in [0.5, 0.6) is 11.5 Å². The second-order valence-electron chi connectivity index (χ2n) is 5.05. The van der Waals surface area contributed by atoms with E-state index in [0.29, 0.717) is 36.0 Å². The molecule has 1 aliphatic heterocycles. The maximum absolute atomic E-state index is 14.1. The van der Waals surface area contributed by atoms with Crippen molar-refractivity contribution in [1.82, 2.24) is 9.55 Å². The fraction of sp³-hybridized carbons (Fsp3) is 0.188. The van der Waals surface area contributed by atoms with Gasteiger partial charge in [0.15, 0.2) is 11.5 Å². The van der Waals surface area contributed by atoms with E-state index < -0.39 is 0 Å². The molecule has 6 heteroatoms. The zero-order chi connectivity index (χ0) is 15.1. The second kappa shape index (κ2) is 4.99. The van der Waals surface area contributed by atoms with E-state index in [1.54, 1.807) is 18.2 Å². The Kier molecular flexibility index (Phi) is 2.97. The van der Waals surface area contributed by atoms with E-state index in [4.69, 9.17) is 15.2 Å². The third kappa shape index (κ3) is 1.92. The SMILES string of the molecule is NCCn1c(-c2ccccc2F)nc2cc3c(cc21)OCO3. The van der Waals surface area contributed by atoms with Crippen LogP contribution in [-0.4, -0.2) is 22.9 Å². The minimum Gasteiger partial charge on any atom is -0.454 e. The third-order valence-corrected chi connectivity index (χ3v) is 3.71. The lowest BCUT2D eigenvalue weighted by Gasteiger charge is -2.08. The largest absolute Gasteiger partial charge is 0.454 e. The Balaban J connectivity index is 1.98. The number of imidazole rings is 1. The summed E-state index contributed by atoms with van der Waals surface area (Å²) in [6.45, 7) is 1.18. The van der Waals surface area contributed by atoms with Gasteiger partial charge in [-0.2, -0.15) is 0 Å². The topological polar surface area (TPSA) is 62.3 Å². The number of nitrogens with two attached hydrogens (primary N) is 1. The number of benzene rings is 2. The summed E-state index contributed by atoms with van der Waals surface area (Å²) in [5.41, 5.74) is 7.75. The first-order chi connectivity index (χ1) is 10.8. The second-order valence-corrected chi connectivity index (χ2v) is 5.05. The van der Waals surface area contributed by atoms with Gasteiger partial charge in [0.25, 0.3) is 0 Å². The normalized spacial score (nSPS) is 13.0. The number of nitrogens with zero attached hydrogens (tertiary/aromatic N) is 2. The van der Waals surface area contributed by atoms with Crippen LogP contribution in [0.3, 0.4) is 0 Å². The summed E-state index contributed by atoms with van der Waals surface area (Å²) in [6.07, 6.45) is 0. The zero-order valence-electron chi connectivity index (χ0n) is 11.8. The Hall–Kier alpha value is -2.60. The van der Waals surface area contributed by atoms with Crippen molar-refractivity contribution in [1.29, 1.82) is 0 Å². The summed E-state index contributed by atoms with van der Waals surface area (Å²) in [5.74, 6) is 1.58. The van der Waals surface area contributed by atoms with Crippen molar-refractivity contribution in [3.8, 4) is 22.9 Å². The van der Waals surface area contributed by atoms with Gasteiger partial charge in [0.05, 0.1) is 16.6 Å². The van der Waals surface area contributed by atoms with Crippen molar-refractivity contribution in [3.63, 3.8) is 0 Å². The highest BCUT2D eigenvalue weighted by Gasteiger charge is 2.20. The van der Waals surface area contributed by atoms with Crippen LogP contribution in [0.2, 0.25) is 0 Å². The van der Waals surface area contributed by atoms with E-state index in [-0.39, 0.29) is 12.6 Å². The molecule has 0 aliphatic carbocycles. The lowest BCUT2D eigenvalue weighted by molar-refractivity contribution is 0.174. The average Bonchev–Trinajstić information content (AvgIpc) is 3.10. The van der Waals surface area contributed by atoms with Gasteiger partial charge >= 0.3 is 0 Å². The van der Waals surface area contributed by atoms with Crippen LogP contribution in [0.1, 0.15) is 0 Å². The molecule has 5 nitrogen and oxygen atoms in total. The van der Waals surface area contributed by atoms with Crippen LogP contribution in [0.4, 0.5) is 4.39 Å². The molecule has 0 atom stereocenters. The molecule has 2 N–H and O–H groups in total. The van der Waals surface area contributed by atoms with Crippen molar-refractivity contribution in [3.05, 3.63) is 42.2 Å². The molecule has 0 amide bonds. The van der Waals surface area contributed by atoms with Gasteiger partial charge in [-0.25, -0.2) is 9.37 Å². The molecule has 0 radical (unpaired) electrons. The molecule has 112 valence electrons. The molecule has 3 aromatic rings. The van der Waals surface area contributed by atoms with E-state index >= 15 is 0 Å². The zero-order valence-corrected chi connectivity index (χ0v) is 11.8. The molecule has 0 unspecified atom stereocenters. The monoisotopic (exact) mass is 299 g/mol. The first-order valence-electron chi connectivity index (χ1n) is 7.03. The van der Waals surface area contributed by atoms with Crippen LogP contribution in [0.15, 0.2) is 36.4 Å². The molecule has 0 saturated carbocycles. The maximum Gasteiger partial charge on any atom is 0.231 e. The van der Waals surface area contributed by atoms with Crippen molar-refractivity contribution in [2.75, 3.05) is 13.3 Å². The van der Waals surface area contributed by atoms with Gasteiger partial charge in [0.1, 0.15) is 11.6 Å². The Morgan fingerprint density at radius 2 is 1.95 bits per heavy atom. The highest BCUT2D eigenvalue weighted by molar-refractivity contribution is 5.84. The van der Waals surface area contributed by atoms with Crippen molar-refractivity contribution in [2.24, 2.45) is 5.73 Å². The molecule has 2 aromatic carbocycles. The van der Waals surface area contributed by atoms with Gasteiger partial charge in [-0.15, -0.1) is 0 Å². The van der Waals surface area contributed by atoms with E-state index in [1.807, 2.05) is 16.7 Å². The van der Waals surface area contributed by atoms with Crippen LogP contribution < -0.4 is 15.2 Å². The van der Waals surface area contributed by atoms with Gasteiger partial charge in [-0.1, -0.05) is 12.1 Å². The van der Waals surface area contributed by atoms with E-state index in [1.165, 1.54) is 6.07 Å². The minimum atomic E-state index is -0.309. The molecular formula is C16H14FN3O2. The van der Waals surface area contributed by atoms with Crippen LogP contribution in [0, 0.1) is 5.82 Å². The Bertz CT molecular complexity index is 860. The fourth-order valence-electron chi connectivity index (χ4n) is 2.72. The van der Waals surface area contributed by atoms with Crippen molar-refractivity contribution in [2.45, 2.75) is 6.54 Å². The van der Waals surface area contributed by atoms with Gasteiger partial charge < -0.3 is 19.8 Å². The van der Waals surface area contributed by atoms with Crippen LogP contribution >= 0.6 is 0 Å². The predicted octanol–water partition coefficient (Wildman–Crippen LogP) is 2.53. The quantitative estimate of drug-likeness (QED) is 0.807. The number of rotatable bonds is 3. The molecule has 0 fully saturated rings. The van der Waals surface area contributed by atoms with Gasteiger partial charge in [-0.05, 0) is 12.1 Å². The standard InChI is InChI=1S/C16H14FN3O2/c17-11-4-2-1-3-10(11)16-19-12-7-14-15(22-9-21-14)8-13(12)20(16)6-5-18/h1-4,7-8H,5-6,9,18H2. The number of ether oxygens (including phenoxy) is 2. The van der Waals surface area contributed by atoms with E-state index in [0.717, 1.165) is 11.0 Å². The molecular weight excluding hydrogens is 285 g/mol. The molecule has 1 aliphatic rings. The molecule has 0 bridgehead atoms. The summed E-state index contributed by atoms with van der Waals surface area (Å²) >= 11 is 0. The number of fused-ring (bicyclic) bond motifs is 2. The first-order valence-corrected chi connectivity index (χ1v) is 7.03. The maximum atomic E-state index is 14.1. The molecule has 0 spiro atoms. The highest BCUT2D eigenvalue weighted by Crippen LogP contribution is 2.37. The van der Waals surface area contributed by atoms with Gasteiger partial charge in [0, 0.05) is 25.2 Å². The summed E-state index contributed by atoms with van der Waals surface area (Å²) in [5, 5.41) is 0. The molecule has 1 aromatic heterocycles. The lowest BCUT2D eigenvalue weighted by atomic mass is 10.2. The summed E-state index contributed by atoms with van der Waals surface area (Å²) in [4.78, 5) is 4.57. The number of halogens is 1. The fourth-order valence-corrected chi connectivity index (χ4v) is 2.72. The Labute approximate surface area is 126 Å². The molecule has 0 saturated heterocycles. The molecule has 2 heterocycles. The number of hydrogen-bond acceptors (Lipinski definition) is 4. The van der Waals surface area contributed by atoms with Crippen LogP contribution in [0.25, 0.3) is 22.4 Å². The third-order valence-electron chi connectivity index (χ3n) is 3.71. The van der Waals surface area contributed by atoms with E-state index in [9.17, 15) is 4.39 Å². The summed E-state index contributed by atoms with van der Waals surface area (Å²) in [6, 6.07) is 10.3. The Morgan fingerprint density at radius 1 is 1.18 bits per heavy atom. The predicted molar refractivity (Wildman–Crippen MR) is 80.3 cm³/mol. The van der Waals surface area contributed by atoms with Crippen molar-refractivity contribution < 1.29 is 13.9 Å². The Morgan fingerprint density at radius 3 is 2.73 bits per heavy atom. The number of hydrogen-bond donors (Lipinski definition) is 1.